The van der Waals surface area contributed by atoms with E-state index in [0.717, 1.165) is 16.1 Å². The highest BCUT2D eigenvalue weighted by molar-refractivity contribution is 9.10. The zero-order chi connectivity index (χ0) is 18.0. The van der Waals surface area contributed by atoms with Crippen LogP contribution in [0, 0.1) is 11.6 Å². The minimum Gasteiger partial charge on any atom is -0.587 e. The van der Waals surface area contributed by atoms with Gasteiger partial charge >= 0.3 is 0 Å². The molecule has 1 heterocycles. The molecule has 0 saturated carbocycles. The molecule has 0 fully saturated rings. The summed E-state index contributed by atoms with van der Waals surface area (Å²) in [7, 11) is 1.79. The second kappa shape index (κ2) is 7.70. The van der Waals surface area contributed by atoms with Crippen LogP contribution in [0.3, 0.4) is 0 Å². The zero-order valence-electron chi connectivity index (χ0n) is 13.3. The van der Waals surface area contributed by atoms with Crippen molar-refractivity contribution in [1.29, 1.82) is 0 Å². The first kappa shape index (κ1) is 18.1. The third kappa shape index (κ3) is 3.95. The van der Waals surface area contributed by atoms with Gasteiger partial charge in [-0.3, -0.25) is 0 Å². The number of rotatable bonds is 5. The minimum atomic E-state index is -1.57. The van der Waals surface area contributed by atoms with Gasteiger partial charge in [-0.05, 0) is 42.9 Å². The van der Waals surface area contributed by atoms with E-state index in [1.54, 1.807) is 37.5 Å². The Labute approximate surface area is 156 Å². The SMILES string of the molecule is CNCc1cc(-c2ccc(F)cc2F)n([S+]([O-])c2cccc(Br)c2)c1. The first-order valence-electron chi connectivity index (χ1n) is 7.48. The van der Waals surface area contributed by atoms with Gasteiger partial charge in [0.05, 0.1) is 6.20 Å². The van der Waals surface area contributed by atoms with E-state index in [-0.39, 0.29) is 5.56 Å². The van der Waals surface area contributed by atoms with Gasteiger partial charge in [0.15, 0.2) is 4.90 Å². The van der Waals surface area contributed by atoms with Crippen molar-refractivity contribution in [3.63, 3.8) is 0 Å². The van der Waals surface area contributed by atoms with E-state index in [9.17, 15) is 13.3 Å². The van der Waals surface area contributed by atoms with Crippen molar-refractivity contribution in [3.8, 4) is 11.3 Å². The van der Waals surface area contributed by atoms with Crippen molar-refractivity contribution in [3.05, 3.63) is 76.4 Å². The van der Waals surface area contributed by atoms with Crippen molar-refractivity contribution in [2.45, 2.75) is 11.4 Å². The lowest BCUT2D eigenvalue weighted by Crippen LogP contribution is -2.14. The van der Waals surface area contributed by atoms with Gasteiger partial charge in [-0.1, -0.05) is 22.0 Å². The number of nitrogens with one attached hydrogen (secondary N) is 1. The summed E-state index contributed by atoms with van der Waals surface area (Å²) in [5, 5.41) is 3.01. The summed E-state index contributed by atoms with van der Waals surface area (Å²) in [6.45, 7) is 0.540. The van der Waals surface area contributed by atoms with Crippen LogP contribution < -0.4 is 5.32 Å². The molecular formula is C18H15BrF2N2OS. The van der Waals surface area contributed by atoms with Gasteiger partial charge in [0, 0.05) is 28.7 Å². The number of hydrogen-bond donors (Lipinski definition) is 1. The Hall–Kier alpha value is -1.67. The smallest absolute Gasteiger partial charge is 0.181 e. The molecule has 0 radical (unpaired) electrons. The van der Waals surface area contributed by atoms with Crippen LogP contribution in [0.1, 0.15) is 5.56 Å². The molecule has 0 bridgehead atoms. The van der Waals surface area contributed by atoms with E-state index < -0.39 is 23.0 Å². The standard InChI is InChI=1S/C18H15BrF2N2OS/c1-22-10-12-7-18(16-6-5-14(20)9-17(16)21)23(11-12)25(24)15-4-2-3-13(19)8-15/h2-9,11,22H,10H2,1H3. The maximum atomic E-state index is 14.3. The van der Waals surface area contributed by atoms with Crippen LogP contribution >= 0.6 is 15.9 Å². The summed E-state index contributed by atoms with van der Waals surface area (Å²) >= 11 is 1.79. The fourth-order valence-corrected chi connectivity index (χ4v) is 4.28. The average Bonchev–Trinajstić information content (AvgIpc) is 2.98. The van der Waals surface area contributed by atoms with Gasteiger partial charge in [0.2, 0.25) is 0 Å². The molecule has 1 N–H and O–H groups in total. The molecule has 0 aliphatic carbocycles. The second-order valence-corrected chi connectivity index (χ2v) is 7.70. The average molecular weight is 425 g/mol. The molecule has 3 nitrogen and oxygen atoms in total. The quantitative estimate of drug-likeness (QED) is 0.613. The lowest BCUT2D eigenvalue weighted by Gasteiger charge is -2.14. The molecule has 2 aromatic carbocycles. The second-order valence-electron chi connectivity index (χ2n) is 5.42. The molecular weight excluding hydrogens is 410 g/mol. The molecule has 130 valence electrons. The first-order valence-corrected chi connectivity index (χ1v) is 9.38. The molecule has 3 rings (SSSR count). The Morgan fingerprint density at radius 3 is 2.64 bits per heavy atom. The first-order chi connectivity index (χ1) is 12.0. The van der Waals surface area contributed by atoms with Crippen molar-refractivity contribution in [1.82, 2.24) is 9.29 Å². The number of nitrogens with zero attached hydrogens (tertiary/aromatic N) is 1. The van der Waals surface area contributed by atoms with Crippen LogP contribution in [0.2, 0.25) is 0 Å². The largest absolute Gasteiger partial charge is 0.587 e. The van der Waals surface area contributed by atoms with Crippen LogP contribution in [0.4, 0.5) is 8.78 Å². The van der Waals surface area contributed by atoms with Crippen molar-refractivity contribution in [2.75, 3.05) is 7.05 Å². The Morgan fingerprint density at radius 2 is 1.96 bits per heavy atom. The highest BCUT2D eigenvalue weighted by atomic mass is 79.9. The maximum absolute atomic E-state index is 14.3. The topological polar surface area (TPSA) is 40.0 Å². The molecule has 0 saturated heterocycles. The summed E-state index contributed by atoms with van der Waals surface area (Å²) in [5.74, 6) is -1.34. The monoisotopic (exact) mass is 424 g/mol. The summed E-state index contributed by atoms with van der Waals surface area (Å²) in [6, 6.07) is 12.2. The maximum Gasteiger partial charge on any atom is 0.181 e. The fraction of sp³-hybridized carbons (Fsp3) is 0.111. The summed E-state index contributed by atoms with van der Waals surface area (Å²) in [5.41, 5.74) is 1.48. The predicted octanol–water partition coefficient (Wildman–Crippen LogP) is 4.49. The van der Waals surface area contributed by atoms with E-state index in [1.807, 2.05) is 6.07 Å². The molecule has 3 aromatic rings. The van der Waals surface area contributed by atoms with Gasteiger partial charge in [-0.15, -0.1) is 0 Å². The molecule has 1 atom stereocenters. The fourth-order valence-electron chi connectivity index (χ4n) is 2.52. The van der Waals surface area contributed by atoms with Crippen LogP contribution in [-0.4, -0.2) is 15.6 Å². The summed E-state index contributed by atoms with van der Waals surface area (Å²) < 4.78 is 42.8. The number of hydrogen-bond acceptors (Lipinski definition) is 2. The molecule has 0 aliphatic rings. The van der Waals surface area contributed by atoms with E-state index in [4.69, 9.17) is 0 Å². The van der Waals surface area contributed by atoms with E-state index >= 15 is 0 Å². The lowest BCUT2D eigenvalue weighted by atomic mass is 10.1. The van der Waals surface area contributed by atoms with E-state index in [1.165, 1.54) is 16.1 Å². The van der Waals surface area contributed by atoms with Crippen molar-refractivity contribution in [2.24, 2.45) is 0 Å². The lowest BCUT2D eigenvalue weighted by molar-refractivity contribution is 0.582. The Kier molecular flexibility index (Phi) is 5.58. The third-order valence-corrected chi connectivity index (χ3v) is 5.42. The molecule has 7 heteroatoms. The summed E-state index contributed by atoms with van der Waals surface area (Å²) in [4.78, 5) is 0.574. The van der Waals surface area contributed by atoms with E-state index in [2.05, 4.69) is 21.2 Å². The van der Waals surface area contributed by atoms with Gasteiger partial charge in [-0.2, -0.15) is 3.97 Å². The molecule has 1 aromatic heterocycles. The van der Waals surface area contributed by atoms with Gasteiger partial charge in [-0.25, -0.2) is 8.78 Å². The predicted molar refractivity (Wildman–Crippen MR) is 98.5 cm³/mol. The Bertz CT molecular complexity index is 901. The Morgan fingerprint density at radius 1 is 1.16 bits per heavy atom. The highest BCUT2D eigenvalue weighted by Gasteiger charge is 2.22. The highest BCUT2D eigenvalue weighted by Crippen LogP contribution is 2.30. The van der Waals surface area contributed by atoms with E-state index in [0.29, 0.717) is 17.1 Å². The number of benzene rings is 2. The number of halogens is 3. The Balaban J connectivity index is 2.11. The van der Waals surface area contributed by atoms with Crippen LogP contribution in [0.25, 0.3) is 11.3 Å². The van der Waals surface area contributed by atoms with Gasteiger partial charge in [0.1, 0.15) is 28.7 Å². The molecule has 0 amide bonds. The molecule has 25 heavy (non-hydrogen) atoms. The van der Waals surface area contributed by atoms with Gasteiger partial charge in [0.25, 0.3) is 0 Å². The normalized spacial score (nSPS) is 12.4. The van der Waals surface area contributed by atoms with Crippen LogP contribution in [0.15, 0.2) is 64.1 Å². The molecule has 1 unspecified atom stereocenters. The van der Waals surface area contributed by atoms with Crippen LogP contribution in [0.5, 0.6) is 0 Å². The molecule has 0 aliphatic heterocycles. The van der Waals surface area contributed by atoms with Crippen LogP contribution in [-0.2, 0) is 17.9 Å². The van der Waals surface area contributed by atoms with Crippen molar-refractivity contribution < 1.29 is 13.3 Å². The molecule has 0 spiro atoms. The number of aromatic nitrogens is 1. The zero-order valence-corrected chi connectivity index (χ0v) is 15.7. The summed E-state index contributed by atoms with van der Waals surface area (Å²) in [6.07, 6.45) is 1.71. The minimum absolute atomic E-state index is 0.201. The third-order valence-electron chi connectivity index (χ3n) is 3.61. The van der Waals surface area contributed by atoms with Gasteiger partial charge < -0.3 is 9.87 Å². The van der Waals surface area contributed by atoms with Crippen molar-refractivity contribution >= 4 is 27.3 Å².